The molecule has 1 aromatic heterocycles. The van der Waals surface area contributed by atoms with Crippen LogP contribution in [0.4, 0.5) is 13.2 Å². The zero-order valence-corrected chi connectivity index (χ0v) is 11.7. The summed E-state index contributed by atoms with van der Waals surface area (Å²) in [6.45, 7) is -0.607. The Bertz CT molecular complexity index is 612. The quantitative estimate of drug-likeness (QED) is 0.934. The second-order valence-electron chi connectivity index (χ2n) is 5.58. The third-order valence-corrected chi connectivity index (χ3v) is 3.98. The Labute approximate surface area is 121 Å². The van der Waals surface area contributed by atoms with Gasteiger partial charge in [0.2, 0.25) is 0 Å². The van der Waals surface area contributed by atoms with Crippen LogP contribution in [0.1, 0.15) is 31.5 Å². The zero-order chi connectivity index (χ0) is 14.9. The molecule has 0 spiro atoms. The molecule has 21 heavy (non-hydrogen) atoms. The van der Waals surface area contributed by atoms with Crippen molar-refractivity contribution in [3.8, 4) is 0 Å². The topological polar surface area (TPSA) is 29.9 Å². The highest BCUT2D eigenvalue weighted by molar-refractivity contribution is 5.75. The van der Waals surface area contributed by atoms with Crippen LogP contribution in [-0.2, 0) is 13.1 Å². The van der Waals surface area contributed by atoms with Gasteiger partial charge in [-0.3, -0.25) is 0 Å². The Hall–Kier alpha value is -1.56. The van der Waals surface area contributed by atoms with Gasteiger partial charge in [-0.2, -0.15) is 13.2 Å². The molecule has 114 valence electrons. The number of alkyl halides is 3. The summed E-state index contributed by atoms with van der Waals surface area (Å²) in [7, 11) is 0. The predicted molar refractivity (Wildman–Crippen MR) is 74.9 cm³/mol. The van der Waals surface area contributed by atoms with Crippen molar-refractivity contribution in [2.75, 3.05) is 0 Å². The monoisotopic (exact) mass is 297 g/mol. The van der Waals surface area contributed by atoms with Crippen molar-refractivity contribution >= 4 is 11.0 Å². The van der Waals surface area contributed by atoms with Crippen LogP contribution < -0.4 is 5.32 Å². The molecule has 1 aliphatic carbocycles. The molecular weight excluding hydrogens is 279 g/mol. The summed E-state index contributed by atoms with van der Waals surface area (Å²) in [5.74, 6) is 0.459. The van der Waals surface area contributed by atoms with Gasteiger partial charge in [0.15, 0.2) is 0 Å². The number of imidazole rings is 1. The van der Waals surface area contributed by atoms with Crippen LogP contribution in [0.3, 0.4) is 0 Å². The van der Waals surface area contributed by atoms with E-state index in [4.69, 9.17) is 0 Å². The maximum Gasteiger partial charge on any atom is 0.406 e. The smallest absolute Gasteiger partial charge is 0.318 e. The first-order valence-electron chi connectivity index (χ1n) is 7.27. The molecule has 0 unspecified atom stereocenters. The molecule has 0 amide bonds. The molecule has 0 saturated heterocycles. The van der Waals surface area contributed by atoms with Gasteiger partial charge in [-0.25, -0.2) is 4.98 Å². The largest absolute Gasteiger partial charge is 0.406 e. The molecule has 3 nitrogen and oxygen atoms in total. The fourth-order valence-electron chi connectivity index (χ4n) is 2.98. The standard InChI is InChI=1S/C15H18F3N3/c16-15(17,18)10-21-13-8-4-3-7-12(13)20-14(21)9-19-11-5-1-2-6-11/h3-4,7-8,11,19H,1-2,5-6,9-10H2. The predicted octanol–water partition coefficient (Wildman–Crippen LogP) is 3.63. The van der Waals surface area contributed by atoms with Gasteiger partial charge in [0.25, 0.3) is 0 Å². The SMILES string of the molecule is FC(F)(F)Cn1c(CNC2CCCC2)nc2ccccc21. The van der Waals surface area contributed by atoms with Crippen molar-refractivity contribution in [2.45, 2.75) is 51.0 Å². The molecule has 3 rings (SSSR count). The van der Waals surface area contributed by atoms with Gasteiger partial charge < -0.3 is 9.88 Å². The van der Waals surface area contributed by atoms with Crippen LogP contribution in [0.15, 0.2) is 24.3 Å². The summed E-state index contributed by atoms with van der Waals surface area (Å²) in [6.07, 6.45) is 0.331. The van der Waals surface area contributed by atoms with Gasteiger partial charge in [-0.15, -0.1) is 0 Å². The molecule has 1 heterocycles. The van der Waals surface area contributed by atoms with Crippen LogP contribution in [-0.4, -0.2) is 21.8 Å². The first-order chi connectivity index (χ1) is 10.0. The molecule has 0 atom stereocenters. The van der Waals surface area contributed by atoms with Gasteiger partial charge >= 0.3 is 6.18 Å². The molecule has 2 aromatic rings. The van der Waals surface area contributed by atoms with Crippen molar-refractivity contribution in [3.05, 3.63) is 30.1 Å². The van der Waals surface area contributed by atoms with Gasteiger partial charge in [-0.05, 0) is 25.0 Å². The van der Waals surface area contributed by atoms with E-state index in [1.165, 1.54) is 17.4 Å². The number of hydrogen-bond acceptors (Lipinski definition) is 2. The molecule has 1 fully saturated rings. The molecule has 1 aliphatic rings. The lowest BCUT2D eigenvalue weighted by Gasteiger charge is -2.14. The molecule has 0 bridgehead atoms. The molecular formula is C15H18F3N3. The van der Waals surface area contributed by atoms with Crippen LogP contribution in [0, 0.1) is 0 Å². The molecule has 6 heteroatoms. The Kier molecular flexibility index (Phi) is 3.89. The van der Waals surface area contributed by atoms with Crippen molar-refractivity contribution in [3.63, 3.8) is 0 Å². The Morgan fingerprint density at radius 2 is 1.90 bits per heavy atom. The van der Waals surface area contributed by atoms with E-state index in [-0.39, 0.29) is 0 Å². The van der Waals surface area contributed by atoms with Crippen molar-refractivity contribution in [1.29, 1.82) is 0 Å². The first-order valence-corrected chi connectivity index (χ1v) is 7.27. The summed E-state index contributed by atoms with van der Waals surface area (Å²) >= 11 is 0. The van der Waals surface area contributed by atoms with E-state index in [2.05, 4.69) is 10.3 Å². The minimum absolute atomic E-state index is 0.384. The minimum atomic E-state index is -4.24. The summed E-state index contributed by atoms with van der Waals surface area (Å²) in [5.41, 5.74) is 1.16. The summed E-state index contributed by atoms with van der Waals surface area (Å²) < 4.78 is 39.7. The number of halogens is 3. The summed E-state index contributed by atoms with van der Waals surface area (Å²) in [6, 6.07) is 7.38. The number of para-hydroxylation sites is 2. The Morgan fingerprint density at radius 1 is 1.19 bits per heavy atom. The fraction of sp³-hybridized carbons (Fsp3) is 0.533. The summed E-state index contributed by atoms with van der Waals surface area (Å²) in [5, 5.41) is 3.33. The molecule has 1 saturated carbocycles. The van der Waals surface area contributed by atoms with Crippen molar-refractivity contribution in [1.82, 2.24) is 14.9 Å². The number of rotatable bonds is 4. The molecule has 1 aromatic carbocycles. The Balaban J connectivity index is 1.86. The van der Waals surface area contributed by atoms with Crippen LogP contribution in [0.2, 0.25) is 0 Å². The van der Waals surface area contributed by atoms with Gasteiger partial charge in [0.1, 0.15) is 12.4 Å². The number of nitrogens with zero attached hydrogens (tertiary/aromatic N) is 2. The second-order valence-corrected chi connectivity index (χ2v) is 5.58. The number of fused-ring (bicyclic) bond motifs is 1. The van der Waals surface area contributed by atoms with E-state index >= 15 is 0 Å². The highest BCUT2D eigenvalue weighted by Crippen LogP contribution is 2.24. The average Bonchev–Trinajstić information content (AvgIpc) is 3.03. The lowest BCUT2D eigenvalue weighted by atomic mass is 10.2. The van der Waals surface area contributed by atoms with Gasteiger partial charge in [0, 0.05) is 6.04 Å². The molecule has 0 radical (unpaired) electrons. The normalized spacial score (nSPS) is 16.9. The average molecular weight is 297 g/mol. The zero-order valence-electron chi connectivity index (χ0n) is 11.7. The molecule has 0 aliphatic heterocycles. The van der Waals surface area contributed by atoms with E-state index in [1.54, 1.807) is 24.3 Å². The highest BCUT2D eigenvalue weighted by Gasteiger charge is 2.30. The third kappa shape index (κ3) is 3.37. The van der Waals surface area contributed by atoms with E-state index in [1.807, 2.05) is 0 Å². The number of benzene rings is 1. The maximum atomic E-state index is 12.8. The summed E-state index contributed by atoms with van der Waals surface area (Å²) in [4.78, 5) is 4.36. The number of hydrogen-bond donors (Lipinski definition) is 1. The minimum Gasteiger partial charge on any atom is -0.318 e. The first kappa shape index (κ1) is 14.4. The third-order valence-electron chi connectivity index (χ3n) is 3.98. The van der Waals surface area contributed by atoms with Gasteiger partial charge in [0.05, 0.1) is 17.6 Å². The second kappa shape index (κ2) is 5.67. The lowest BCUT2D eigenvalue weighted by Crippen LogP contribution is -2.28. The van der Waals surface area contributed by atoms with Gasteiger partial charge in [-0.1, -0.05) is 25.0 Å². The van der Waals surface area contributed by atoms with E-state index in [0.29, 0.717) is 29.4 Å². The molecule has 1 N–H and O–H groups in total. The number of aromatic nitrogens is 2. The Morgan fingerprint density at radius 3 is 2.62 bits per heavy atom. The number of nitrogens with one attached hydrogen (secondary N) is 1. The van der Waals surface area contributed by atoms with E-state index < -0.39 is 12.7 Å². The van der Waals surface area contributed by atoms with Crippen LogP contribution >= 0.6 is 0 Å². The lowest BCUT2D eigenvalue weighted by molar-refractivity contribution is -0.140. The van der Waals surface area contributed by atoms with Crippen LogP contribution in [0.5, 0.6) is 0 Å². The van der Waals surface area contributed by atoms with Crippen LogP contribution in [0.25, 0.3) is 11.0 Å². The van der Waals surface area contributed by atoms with Crippen molar-refractivity contribution in [2.24, 2.45) is 0 Å². The van der Waals surface area contributed by atoms with E-state index in [0.717, 1.165) is 12.8 Å². The highest BCUT2D eigenvalue weighted by atomic mass is 19.4. The van der Waals surface area contributed by atoms with Crippen molar-refractivity contribution < 1.29 is 13.2 Å². The van der Waals surface area contributed by atoms with E-state index in [9.17, 15) is 13.2 Å². The maximum absolute atomic E-state index is 12.8. The fourth-order valence-corrected chi connectivity index (χ4v) is 2.98.